The lowest BCUT2D eigenvalue weighted by atomic mass is 10.2. The van der Waals surface area contributed by atoms with Crippen molar-refractivity contribution in [2.24, 2.45) is 0 Å². The van der Waals surface area contributed by atoms with E-state index in [0.717, 1.165) is 5.69 Å². The van der Waals surface area contributed by atoms with Crippen LogP contribution in [-0.2, 0) is 6.54 Å². The number of carbonyl (C=O) groups excluding carboxylic acids is 1. The minimum Gasteiger partial charge on any atom is -0.508 e. The minimum absolute atomic E-state index is 0.0286. The van der Waals surface area contributed by atoms with Gasteiger partial charge in [-0.3, -0.25) is 0 Å². The maximum absolute atomic E-state index is 11.2. The molecule has 0 fully saturated rings. The van der Waals surface area contributed by atoms with Crippen LogP contribution in [0, 0.1) is 0 Å². The summed E-state index contributed by atoms with van der Waals surface area (Å²) < 4.78 is 0. The van der Waals surface area contributed by atoms with Gasteiger partial charge in [-0.1, -0.05) is 0 Å². The first-order valence-electron chi connectivity index (χ1n) is 6.42. The molecule has 0 aromatic heterocycles. The van der Waals surface area contributed by atoms with Gasteiger partial charge in [-0.2, -0.15) is 0 Å². The van der Waals surface area contributed by atoms with Gasteiger partial charge in [0, 0.05) is 36.6 Å². The minimum atomic E-state index is -0.273. The average molecular weight is 287 g/mol. The lowest BCUT2D eigenvalue weighted by molar-refractivity contribution is 0.254. The third kappa shape index (κ3) is 4.04. The lowest BCUT2D eigenvalue weighted by Gasteiger charge is -2.10. The zero-order valence-corrected chi connectivity index (χ0v) is 11.6. The highest BCUT2D eigenvalue weighted by Gasteiger charge is 2.03. The summed E-state index contributed by atoms with van der Waals surface area (Å²) in [6.07, 6.45) is 0. The molecule has 0 aliphatic rings. The fourth-order valence-electron chi connectivity index (χ4n) is 1.76. The number of aromatic hydroxyl groups is 2. The Morgan fingerprint density at radius 3 is 2.33 bits per heavy atom. The number of carbonyl (C=O) groups is 1. The van der Waals surface area contributed by atoms with Crippen LogP contribution in [0.5, 0.6) is 11.5 Å². The molecule has 6 heteroatoms. The van der Waals surface area contributed by atoms with Crippen molar-refractivity contribution in [2.75, 3.05) is 17.7 Å². The lowest BCUT2D eigenvalue weighted by Crippen LogP contribution is -2.24. The molecule has 0 spiro atoms. The molecular formula is C15H17N3O3. The normalized spacial score (nSPS) is 9.95. The maximum atomic E-state index is 11.2. The van der Waals surface area contributed by atoms with Gasteiger partial charge in [0.15, 0.2) is 0 Å². The third-order valence-corrected chi connectivity index (χ3v) is 2.92. The van der Waals surface area contributed by atoms with Gasteiger partial charge in [0.2, 0.25) is 0 Å². The van der Waals surface area contributed by atoms with E-state index in [0.29, 0.717) is 17.8 Å². The van der Waals surface area contributed by atoms with Crippen molar-refractivity contribution in [3.05, 3.63) is 48.0 Å². The summed E-state index contributed by atoms with van der Waals surface area (Å²) in [7, 11) is 1.55. The number of rotatable bonds is 4. The summed E-state index contributed by atoms with van der Waals surface area (Å²) in [5.41, 5.74) is 2.22. The Morgan fingerprint density at radius 2 is 1.71 bits per heavy atom. The van der Waals surface area contributed by atoms with Crippen LogP contribution < -0.4 is 16.0 Å². The van der Waals surface area contributed by atoms with Crippen LogP contribution in [0.4, 0.5) is 16.2 Å². The molecule has 2 rings (SSSR count). The monoisotopic (exact) mass is 287 g/mol. The van der Waals surface area contributed by atoms with Crippen LogP contribution >= 0.6 is 0 Å². The van der Waals surface area contributed by atoms with Crippen LogP contribution in [0.15, 0.2) is 42.5 Å². The molecular weight excluding hydrogens is 270 g/mol. The summed E-state index contributed by atoms with van der Waals surface area (Å²) in [6, 6.07) is 11.4. The van der Waals surface area contributed by atoms with Crippen LogP contribution in [0.25, 0.3) is 0 Å². The molecule has 0 radical (unpaired) electrons. The second-order valence-corrected chi connectivity index (χ2v) is 4.45. The smallest absolute Gasteiger partial charge is 0.318 e. The molecule has 0 bridgehead atoms. The Bertz CT molecular complexity index is 627. The molecule has 0 aliphatic carbocycles. The molecule has 2 aromatic carbocycles. The van der Waals surface area contributed by atoms with E-state index in [1.54, 1.807) is 25.2 Å². The van der Waals surface area contributed by atoms with Crippen LogP contribution in [-0.4, -0.2) is 23.3 Å². The Morgan fingerprint density at radius 1 is 1.05 bits per heavy atom. The van der Waals surface area contributed by atoms with Gasteiger partial charge >= 0.3 is 6.03 Å². The van der Waals surface area contributed by atoms with Crippen molar-refractivity contribution in [1.29, 1.82) is 0 Å². The van der Waals surface area contributed by atoms with E-state index in [-0.39, 0.29) is 17.5 Å². The van der Waals surface area contributed by atoms with Crippen LogP contribution in [0.3, 0.4) is 0 Å². The molecule has 2 aromatic rings. The third-order valence-electron chi connectivity index (χ3n) is 2.92. The SMILES string of the molecule is CNC(=O)Nc1ccc(NCc2ccc(O)cc2O)cc1. The maximum Gasteiger partial charge on any atom is 0.318 e. The molecule has 6 nitrogen and oxygen atoms in total. The standard InChI is InChI=1S/C15H17N3O3/c1-16-15(21)18-12-5-3-11(4-6-12)17-9-10-2-7-13(19)8-14(10)20/h2-8,17,19-20H,9H2,1H3,(H2,16,18,21). The van der Waals surface area contributed by atoms with Gasteiger partial charge in [0.25, 0.3) is 0 Å². The molecule has 21 heavy (non-hydrogen) atoms. The summed E-state index contributed by atoms with van der Waals surface area (Å²) >= 11 is 0. The highest BCUT2D eigenvalue weighted by Crippen LogP contribution is 2.23. The number of urea groups is 1. The number of nitrogens with one attached hydrogen (secondary N) is 3. The second-order valence-electron chi connectivity index (χ2n) is 4.45. The van der Waals surface area contributed by atoms with Gasteiger partial charge < -0.3 is 26.2 Å². The summed E-state index contributed by atoms with van der Waals surface area (Å²) in [5.74, 6) is 0.0706. The number of hydrogen-bond donors (Lipinski definition) is 5. The van der Waals surface area contributed by atoms with Crippen LogP contribution in [0.1, 0.15) is 5.56 Å². The zero-order valence-electron chi connectivity index (χ0n) is 11.6. The van der Waals surface area contributed by atoms with Gasteiger partial charge in [-0.25, -0.2) is 4.79 Å². The van der Waals surface area contributed by atoms with Gasteiger partial charge in [0.05, 0.1) is 0 Å². The van der Waals surface area contributed by atoms with Crippen molar-refractivity contribution < 1.29 is 15.0 Å². The predicted octanol–water partition coefficient (Wildman–Crippen LogP) is 2.46. The fourth-order valence-corrected chi connectivity index (χ4v) is 1.76. The first-order chi connectivity index (χ1) is 10.1. The number of phenols is 2. The number of anilines is 2. The molecule has 0 unspecified atom stereocenters. The average Bonchev–Trinajstić information content (AvgIpc) is 2.48. The first kappa shape index (κ1) is 14.5. The van der Waals surface area contributed by atoms with E-state index in [1.807, 2.05) is 12.1 Å². The molecule has 0 aliphatic heterocycles. The molecule has 0 saturated carbocycles. The Labute approximate surface area is 122 Å². The highest BCUT2D eigenvalue weighted by molar-refractivity contribution is 5.89. The molecule has 0 atom stereocenters. The predicted molar refractivity (Wildman–Crippen MR) is 81.6 cm³/mol. The van der Waals surface area contributed by atoms with E-state index in [4.69, 9.17) is 0 Å². The number of amides is 2. The Kier molecular flexibility index (Phi) is 4.50. The van der Waals surface area contributed by atoms with E-state index in [1.165, 1.54) is 12.1 Å². The summed E-state index contributed by atoms with van der Waals surface area (Å²) in [6.45, 7) is 0.425. The summed E-state index contributed by atoms with van der Waals surface area (Å²) in [4.78, 5) is 11.2. The number of benzene rings is 2. The van der Waals surface area contributed by atoms with Crippen molar-refractivity contribution in [1.82, 2.24) is 5.32 Å². The van der Waals surface area contributed by atoms with E-state index in [2.05, 4.69) is 16.0 Å². The van der Waals surface area contributed by atoms with Crippen molar-refractivity contribution in [3.8, 4) is 11.5 Å². The van der Waals surface area contributed by atoms with Crippen molar-refractivity contribution >= 4 is 17.4 Å². The highest BCUT2D eigenvalue weighted by atomic mass is 16.3. The Balaban J connectivity index is 1.96. The molecule has 5 N–H and O–H groups in total. The van der Waals surface area contributed by atoms with E-state index >= 15 is 0 Å². The Hall–Kier alpha value is -2.89. The van der Waals surface area contributed by atoms with Crippen LogP contribution in [0.2, 0.25) is 0 Å². The van der Waals surface area contributed by atoms with E-state index in [9.17, 15) is 15.0 Å². The van der Waals surface area contributed by atoms with E-state index < -0.39 is 0 Å². The quantitative estimate of drug-likeness (QED) is 0.597. The topological polar surface area (TPSA) is 93.6 Å². The molecule has 2 amide bonds. The molecule has 110 valence electrons. The second kappa shape index (κ2) is 6.51. The molecule has 0 saturated heterocycles. The van der Waals surface area contributed by atoms with Crippen molar-refractivity contribution in [2.45, 2.75) is 6.54 Å². The largest absolute Gasteiger partial charge is 0.508 e. The van der Waals surface area contributed by atoms with Crippen molar-refractivity contribution in [3.63, 3.8) is 0 Å². The zero-order chi connectivity index (χ0) is 15.2. The molecule has 0 heterocycles. The fraction of sp³-hybridized carbons (Fsp3) is 0.133. The number of hydrogen-bond acceptors (Lipinski definition) is 4. The van der Waals surface area contributed by atoms with Gasteiger partial charge in [-0.15, -0.1) is 0 Å². The number of phenolic OH excluding ortho intramolecular Hbond substituents is 2. The van der Waals surface area contributed by atoms with Gasteiger partial charge in [0.1, 0.15) is 11.5 Å². The van der Waals surface area contributed by atoms with Gasteiger partial charge in [-0.05, 0) is 36.4 Å². The summed E-state index contributed by atoms with van der Waals surface area (Å²) in [5, 5.41) is 27.2. The first-order valence-corrected chi connectivity index (χ1v) is 6.42.